The number of carboxylic acid groups (broad SMARTS) is 1. The van der Waals surface area contributed by atoms with Gasteiger partial charge in [-0.05, 0) is 61.4 Å². The van der Waals surface area contributed by atoms with Crippen molar-refractivity contribution in [3.8, 4) is 17.6 Å². The topological polar surface area (TPSA) is 55.8 Å². The second-order valence-corrected chi connectivity index (χ2v) is 8.60. The molecule has 0 saturated heterocycles. The molecule has 0 saturated carbocycles. The van der Waals surface area contributed by atoms with Gasteiger partial charge in [-0.2, -0.15) is 0 Å². The van der Waals surface area contributed by atoms with Gasteiger partial charge in [-0.1, -0.05) is 61.4 Å². The Morgan fingerprint density at radius 2 is 1.93 bits per heavy atom. The fraction of sp³-hybridized carbons (Fsp3) is 0.261. The first kappa shape index (κ1) is 24.5. The minimum atomic E-state index is -0.995. The Kier molecular flexibility index (Phi) is 9.93. The highest BCUT2D eigenvalue weighted by atomic mass is 79.9. The van der Waals surface area contributed by atoms with Gasteiger partial charge in [0.2, 0.25) is 0 Å². The summed E-state index contributed by atoms with van der Waals surface area (Å²) in [6.07, 6.45) is 1.22. The maximum atomic E-state index is 11.2. The molecule has 30 heavy (non-hydrogen) atoms. The normalized spacial score (nSPS) is 12.1. The van der Waals surface area contributed by atoms with E-state index in [1.54, 1.807) is 25.1 Å². The van der Waals surface area contributed by atoms with Crippen LogP contribution in [-0.2, 0) is 16.0 Å². The van der Waals surface area contributed by atoms with Gasteiger partial charge in [0.1, 0.15) is 12.4 Å². The Bertz CT molecular complexity index is 972. The van der Waals surface area contributed by atoms with Crippen LogP contribution < -0.4 is 4.74 Å². The number of benzene rings is 2. The van der Waals surface area contributed by atoms with Gasteiger partial charge in [-0.25, -0.2) is 4.79 Å². The molecule has 1 unspecified atom stereocenters. The number of carbonyl (C=O) groups is 1. The minimum absolute atomic E-state index is 0.240. The summed E-state index contributed by atoms with van der Waals surface area (Å²) < 4.78 is 12.9. The van der Waals surface area contributed by atoms with Crippen LogP contribution in [0.4, 0.5) is 0 Å². The number of rotatable bonds is 8. The van der Waals surface area contributed by atoms with Crippen molar-refractivity contribution in [2.75, 3.05) is 13.2 Å². The van der Waals surface area contributed by atoms with E-state index < -0.39 is 12.1 Å². The lowest BCUT2D eigenvalue weighted by molar-refractivity contribution is -0.149. The Balaban J connectivity index is 1.97. The highest BCUT2D eigenvalue weighted by Gasteiger charge is 2.18. The molecule has 0 bridgehead atoms. The summed E-state index contributed by atoms with van der Waals surface area (Å²) >= 11 is 13.2. The summed E-state index contributed by atoms with van der Waals surface area (Å²) in [5, 5.41) is 9.62. The predicted octanol–water partition coefficient (Wildman–Crippen LogP) is 6.27. The van der Waals surface area contributed by atoms with E-state index in [9.17, 15) is 9.90 Å². The second-order valence-electron chi connectivity index (χ2n) is 6.36. The lowest BCUT2D eigenvalue weighted by Gasteiger charge is -2.13. The number of hydrogen-bond acceptors (Lipinski definition) is 3. The zero-order valence-corrected chi connectivity index (χ0v) is 20.5. The van der Waals surface area contributed by atoms with E-state index in [0.29, 0.717) is 24.0 Å². The molecule has 2 aromatic rings. The van der Waals surface area contributed by atoms with Crippen LogP contribution in [-0.4, -0.2) is 30.4 Å². The molecule has 0 heterocycles. The monoisotopic (exact) mass is 554 g/mol. The summed E-state index contributed by atoms with van der Waals surface area (Å²) in [5.41, 5.74) is 2.54. The van der Waals surface area contributed by atoms with Crippen molar-refractivity contribution in [3.63, 3.8) is 0 Å². The summed E-state index contributed by atoms with van der Waals surface area (Å²) in [6.45, 7) is 4.32. The highest BCUT2D eigenvalue weighted by Crippen LogP contribution is 2.26. The quantitative estimate of drug-likeness (QED) is 0.389. The fourth-order valence-electron chi connectivity index (χ4n) is 2.53. The molecule has 0 radical (unpaired) electrons. The third-order valence-electron chi connectivity index (χ3n) is 3.96. The van der Waals surface area contributed by atoms with Gasteiger partial charge in [-0.3, -0.25) is 0 Å². The van der Waals surface area contributed by atoms with Crippen molar-refractivity contribution in [1.29, 1.82) is 0 Å². The molecule has 1 N–H and O–H groups in total. The van der Waals surface area contributed by atoms with Crippen LogP contribution in [0.2, 0.25) is 5.02 Å². The van der Waals surface area contributed by atoms with E-state index in [2.05, 4.69) is 43.7 Å². The van der Waals surface area contributed by atoms with E-state index in [0.717, 1.165) is 25.6 Å². The molecule has 0 aliphatic heterocycles. The number of halogens is 3. The molecule has 7 heteroatoms. The number of carboxylic acids is 1. The smallest absolute Gasteiger partial charge is 0.333 e. The van der Waals surface area contributed by atoms with E-state index in [1.807, 2.05) is 31.2 Å². The number of ether oxygens (including phenoxy) is 2. The van der Waals surface area contributed by atoms with Crippen LogP contribution in [0, 0.1) is 11.8 Å². The standard InChI is InChI=1S/C23H21Br2ClO4/c1-3-29-22(23(27)28)13-17-6-7-21(20(26)12-17)30-9-8-15(2)4-5-16-10-18(24)14-19(25)11-16/h6-8,10-12,14,22H,3,9,13H2,1-2H3,(H,27,28). The number of hydrogen-bond donors (Lipinski definition) is 1. The summed E-state index contributed by atoms with van der Waals surface area (Å²) in [7, 11) is 0. The van der Waals surface area contributed by atoms with Crippen molar-refractivity contribution < 1.29 is 19.4 Å². The van der Waals surface area contributed by atoms with Gasteiger partial charge in [-0.15, -0.1) is 0 Å². The molecule has 158 valence electrons. The molecule has 0 aromatic heterocycles. The first-order valence-electron chi connectivity index (χ1n) is 9.19. The maximum absolute atomic E-state index is 11.2. The summed E-state index contributed by atoms with van der Waals surface area (Å²) in [5.74, 6) is 5.74. The third-order valence-corrected chi connectivity index (χ3v) is 5.17. The lowest BCUT2D eigenvalue weighted by Crippen LogP contribution is -2.26. The van der Waals surface area contributed by atoms with Crippen LogP contribution in [0.1, 0.15) is 25.0 Å². The molecule has 2 rings (SSSR count). The SMILES string of the molecule is CCOC(Cc1ccc(OCC=C(C)C#Cc2cc(Br)cc(Br)c2)c(Cl)c1)C(=O)O. The van der Waals surface area contributed by atoms with Crippen molar-refractivity contribution >= 4 is 49.4 Å². The number of aliphatic carboxylic acids is 1. The van der Waals surface area contributed by atoms with Crippen LogP contribution in [0.15, 0.2) is 57.0 Å². The van der Waals surface area contributed by atoms with E-state index in [4.69, 9.17) is 21.1 Å². The molecule has 0 spiro atoms. The summed E-state index contributed by atoms with van der Waals surface area (Å²) in [6, 6.07) is 11.1. The second kappa shape index (κ2) is 12.2. The first-order valence-corrected chi connectivity index (χ1v) is 11.2. The van der Waals surface area contributed by atoms with Crippen molar-refractivity contribution in [3.05, 3.63) is 73.1 Å². The Morgan fingerprint density at radius 1 is 1.23 bits per heavy atom. The van der Waals surface area contributed by atoms with Gasteiger partial charge >= 0.3 is 5.97 Å². The number of allylic oxidation sites excluding steroid dienone is 1. The molecule has 0 aliphatic rings. The van der Waals surface area contributed by atoms with Crippen molar-refractivity contribution in [2.24, 2.45) is 0 Å². The lowest BCUT2D eigenvalue weighted by atomic mass is 10.1. The Hall–Kier alpha value is -1.78. The maximum Gasteiger partial charge on any atom is 0.333 e. The van der Waals surface area contributed by atoms with Gasteiger partial charge < -0.3 is 14.6 Å². The van der Waals surface area contributed by atoms with Gasteiger partial charge in [0.15, 0.2) is 6.10 Å². The largest absolute Gasteiger partial charge is 0.488 e. The molecule has 4 nitrogen and oxygen atoms in total. The molecular formula is C23H21Br2ClO4. The minimum Gasteiger partial charge on any atom is -0.488 e. The van der Waals surface area contributed by atoms with Crippen molar-refractivity contribution in [1.82, 2.24) is 0 Å². The molecule has 2 aromatic carbocycles. The van der Waals surface area contributed by atoms with Crippen molar-refractivity contribution in [2.45, 2.75) is 26.4 Å². The van der Waals surface area contributed by atoms with Crippen LogP contribution in [0.3, 0.4) is 0 Å². The molecule has 1 atom stereocenters. The van der Waals surface area contributed by atoms with E-state index >= 15 is 0 Å². The van der Waals surface area contributed by atoms with E-state index in [1.165, 1.54) is 0 Å². The molecular weight excluding hydrogens is 536 g/mol. The fourth-order valence-corrected chi connectivity index (χ4v) is 4.08. The molecule has 0 aliphatic carbocycles. The zero-order valence-electron chi connectivity index (χ0n) is 16.5. The van der Waals surface area contributed by atoms with Gasteiger partial charge in [0.05, 0.1) is 5.02 Å². The summed E-state index contributed by atoms with van der Waals surface area (Å²) in [4.78, 5) is 11.2. The van der Waals surface area contributed by atoms with Gasteiger partial charge in [0.25, 0.3) is 0 Å². The van der Waals surface area contributed by atoms with Gasteiger partial charge in [0, 0.05) is 27.5 Å². The van der Waals surface area contributed by atoms with Crippen LogP contribution in [0.5, 0.6) is 5.75 Å². The third kappa shape index (κ3) is 8.16. The van der Waals surface area contributed by atoms with Crippen LogP contribution >= 0.6 is 43.5 Å². The predicted molar refractivity (Wildman–Crippen MR) is 126 cm³/mol. The molecule has 0 amide bonds. The first-order chi connectivity index (χ1) is 14.3. The van der Waals surface area contributed by atoms with E-state index in [-0.39, 0.29) is 6.42 Å². The average Bonchev–Trinajstić information content (AvgIpc) is 2.67. The highest BCUT2D eigenvalue weighted by molar-refractivity contribution is 9.11. The Labute approximate surface area is 198 Å². The zero-order chi connectivity index (χ0) is 22.1. The molecule has 0 fully saturated rings. The van der Waals surface area contributed by atoms with Crippen LogP contribution in [0.25, 0.3) is 0 Å². The Morgan fingerprint density at radius 3 is 2.53 bits per heavy atom. The average molecular weight is 557 g/mol.